The maximum Gasteiger partial charge on any atom is 0.493 e. The normalized spacial score (nSPS) is 11.1. The molecule has 3 nitrogen and oxygen atoms in total. The number of urea groups is 1. The zero-order valence-corrected chi connectivity index (χ0v) is 8.82. The van der Waals surface area contributed by atoms with Crippen LogP contribution in [0, 0.1) is 0 Å². The third-order valence-corrected chi connectivity index (χ3v) is 1.84. The number of nitrogens with zero attached hydrogens (tertiary/aromatic N) is 2. The van der Waals surface area contributed by atoms with Crippen molar-refractivity contribution in [1.29, 1.82) is 0 Å². The lowest BCUT2D eigenvalue weighted by Gasteiger charge is -2.27. The van der Waals surface area contributed by atoms with E-state index < -0.39 is 12.3 Å². The summed E-state index contributed by atoms with van der Waals surface area (Å²) < 4.78 is 38.1. The van der Waals surface area contributed by atoms with E-state index in [4.69, 9.17) is 0 Å². The minimum absolute atomic E-state index is 0.200. The smallest absolute Gasteiger partial charge is 0.330 e. The molecule has 0 saturated heterocycles. The maximum atomic E-state index is 12.7. The Morgan fingerprint density at radius 1 is 1.12 bits per heavy atom. The highest BCUT2D eigenvalue weighted by atomic mass is 19.4. The molecule has 6 heteroatoms. The van der Waals surface area contributed by atoms with Crippen LogP contribution in [0.1, 0.15) is 0 Å². The van der Waals surface area contributed by atoms with Gasteiger partial charge in [-0.15, -0.1) is 13.2 Å². The van der Waals surface area contributed by atoms with Crippen LogP contribution in [-0.2, 0) is 0 Å². The predicted octanol–water partition coefficient (Wildman–Crippen LogP) is 2.69. The lowest BCUT2D eigenvalue weighted by molar-refractivity contribution is -0.122. The van der Waals surface area contributed by atoms with Crippen LogP contribution in [-0.4, -0.2) is 31.3 Å². The third kappa shape index (κ3) is 2.65. The quantitative estimate of drug-likeness (QED) is 0.683. The Hall–Kier alpha value is -1.72. The van der Waals surface area contributed by atoms with Crippen LogP contribution >= 0.6 is 0 Å². The Morgan fingerprint density at radius 2 is 1.62 bits per heavy atom. The van der Waals surface area contributed by atoms with E-state index in [0.29, 0.717) is 0 Å². The highest BCUT2D eigenvalue weighted by Gasteiger charge is 2.42. The molecule has 0 saturated carbocycles. The number of amides is 2. The standard InChI is InChI=1S/C10H11F3N2O/c1-14(2)9(16)15(10(11,12)13)8-6-4-3-5-7-8/h3-7H,1-2H3. The molecule has 0 atom stereocenters. The Labute approximate surface area is 91.1 Å². The third-order valence-electron chi connectivity index (χ3n) is 1.84. The molecular formula is C10H11F3N2O. The van der Waals surface area contributed by atoms with Gasteiger partial charge in [-0.1, -0.05) is 18.2 Å². The maximum absolute atomic E-state index is 12.7. The Bertz CT molecular complexity index is 362. The predicted molar refractivity (Wildman–Crippen MR) is 54.1 cm³/mol. The molecule has 0 heterocycles. The summed E-state index contributed by atoms with van der Waals surface area (Å²) in [6.07, 6.45) is -4.73. The molecule has 0 N–H and O–H groups in total. The fourth-order valence-corrected chi connectivity index (χ4v) is 1.14. The van der Waals surface area contributed by atoms with Crippen molar-refractivity contribution in [2.45, 2.75) is 6.30 Å². The number of carbonyl (C=O) groups excluding carboxylic acids is 1. The molecule has 0 aliphatic rings. The van der Waals surface area contributed by atoms with Gasteiger partial charge in [0, 0.05) is 14.1 Å². The van der Waals surface area contributed by atoms with Crippen LogP contribution in [0.5, 0.6) is 0 Å². The first-order chi connectivity index (χ1) is 7.34. The summed E-state index contributed by atoms with van der Waals surface area (Å²) in [4.78, 5) is 12.1. The average Bonchev–Trinajstić information content (AvgIpc) is 2.17. The van der Waals surface area contributed by atoms with E-state index in [1.54, 1.807) is 6.07 Å². The van der Waals surface area contributed by atoms with Crippen molar-refractivity contribution in [2.75, 3.05) is 19.0 Å². The molecule has 1 aromatic carbocycles. The van der Waals surface area contributed by atoms with E-state index in [0.717, 1.165) is 4.90 Å². The van der Waals surface area contributed by atoms with Crippen molar-refractivity contribution in [3.63, 3.8) is 0 Å². The van der Waals surface area contributed by atoms with Gasteiger partial charge in [0.15, 0.2) is 0 Å². The summed E-state index contributed by atoms with van der Waals surface area (Å²) in [5, 5.41) is 0. The van der Waals surface area contributed by atoms with Crippen LogP contribution in [0.3, 0.4) is 0 Å². The zero-order valence-electron chi connectivity index (χ0n) is 8.82. The minimum atomic E-state index is -4.73. The van der Waals surface area contributed by atoms with Gasteiger partial charge in [0.05, 0.1) is 5.69 Å². The summed E-state index contributed by atoms with van der Waals surface area (Å²) in [5.41, 5.74) is -0.200. The molecule has 0 aromatic heterocycles. The highest BCUT2D eigenvalue weighted by Crippen LogP contribution is 2.28. The minimum Gasteiger partial charge on any atom is -0.330 e. The number of para-hydroxylation sites is 1. The molecule has 1 rings (SSSR count). The molecule has 0 radical (unpaired) electrons. The zero-order chi connectivity index (χ0) is 12.3. The Kier molecular flexibility index (Phi) is 3.41. The summed E-state index contributed by atoms with van der Waals surface area (Å²) in [6, 6.07) is 5.80. The van der Waals surface area contributed by atoms with E-state index in [-0.39, 0.29) is 10.6 Å². The molecular weight excluding hydrogens is 221 g/mol. The van der Waals surface area contributed by atoms with Crippen LogP contribution in [0.2, 0.25) is 0 Å². The number of halogens is 3. The fourth-order valence-electron chi connectivity index (χ4n) is 1.14. The number of anilines is 1. The van der Waals surface area contributed by atoms with Gasteiger partial charge in [-0.05, 0) is 12.1 Å². The monoisotopic (exact) mass is 232 g/mol. The topological polar surface area (TPSA) is 23.6 Å². The van der Waals surface area contributed by atoms with Gasteiger partial charge in [-0.2, -0.15) is 0 Å². The van der Waals surface area contributed by atoms with Crippen molar-refractivity contribution in [3.05, 3.63) is 30.3 Å². The number of carbonyl (C=O) groups is 1. The van der Waals surface area contributed by atoms with Crippen LogP contribution < -0.4 is 4.90 Å². The molecule has 0 aliphatic carbocycles. The molecule has 0 aliphatic heterocycles. The average molecular weight is 232 g/mol. The van der Waals surface area contributed by atoms with E-state index in [1.807, 2.05) is 0 Å². The highest BCUT2D eigenvalue weighted by molar-refractivity contribution is 5.92. The number of hydrogen-bond donors (Lipinski definition) is 0. The lowest BCUT2D eigenvalue weighted by atomic mass is 10.3. The largest absolute Gasteiger partial charge is 0.493 e. The van der Waals surface area contributed by atoms with E-state index >= 15 is 0 Å². The summed E-state index contributed by atoms with van der Waals surface area (Å²) in [7, 11) is 2.54. The lowest BCUT2D eigenvalue weighted by Crippen LogP contribution is -2.48. The van der Waals surface area contributed by atoms with Gasteiger partial charge in [0.1, 0.15) is 0 Å². The van der Waals surface area contributed by atoms with Gasteiger partial charge >= 0.3 is 12.3 Å². The molecule has 1 aromatic rings. The molecule has 0 bridgehead atoms. The Balaban J connectivity index is 3.13. The van der Waals surface area contributed by atoms with Crippen molar-refractivity contribution < 1.29 is 18.0 Å². The molecule has 16 heavy (non-hydrogen) atoms. The van der Waals surface area contributed by atoms with Crippen LogP contribution in [0.25, 0.3) is 0 Å². The number of alkyl halides is 3. The SMILES string of the molecule is CN(C)C(=O)N(c1ccccc1)C(F)(F)F. The molecule has 0 unspecified atom stereocenters. The molecule has 2 amide bonds. The van der Waals surface area contributed by atoms with Gasteiger partial charge in [0.25, 0.3) is 0 Å². The second kappa shape index (κ2) is 4.42. The van der Waals surface area contributed by atoms with Gasteiger partial charge in [-0.25, -0.2) is 9.69 Å². The van der Waals surface area contributed by atoms with Gasteiger partial charge in [0.2, 0.25) is 0 Å². The first kappa shape index (κ1) is 12.4. The van der Waals surface area contributed by atoms with Crippen molar-refractivity contribution >= 4 is 11.7 Å². The fraction of sp³-hybridized carbons (Fsp3) is 0.300. The number of hydrogen-bond acceptors (Lipinski definition) is 1. The van der Waals surface area contributed by atoms with Gasteiger partial charge < -0.3 is 4.90 Å². The van der Waals surface area contributed by atoms with E-state index in [2.05, 4.69) is 0 Å². The molecule has 0 spiro atoms. The summed E-state index contributed by atoms with van der Waals surface area (Å²) in [5.74, 6) is 0. The summed E-state index contributed by atoms with van der Waals surface area (Å²) >= 11 is 0. The van der Waals surface area contributed by atoms with Crippen LogP contribution in [0.15, 0.2) is 30.3 Å². The first-order valence-electron chi connectivity index (χ1n) is 4.47. The summed E-state index contributed by atoms with van der Waals surface area (Å²) in [6.45, 7) is 0. The number of rotatable bonds is 1. The molecule has 0 fully saturated rings. The Morgan fingerprint density at radius 3 is 2.00 bits per heavy atom. The molecule has 88 valence electrons. The van der Waals surface area contributed by atoms with E-state index in [1.165, 1.54) is 38.4 Å². The number of benzene rings is 1. The van der Waals surface area contributed by atoms with Crippen molar-refractivity contribution in [3.8, 4) is 0 Å². The second-order valence-corrected chi connectivity index (χ2v) is 3.32. The van der Waals surface area contributed by atoms with Crippen molar-refractivity contribution in [2.24, 2.45) is 0 Å². The van der Waals surface area contributed by atoms with E-state index in [9.17, 15) is 18.0 Å². The second-order valence-electron chi connectivity index (χ2n) is 3.32. The van der Waals surface area contributed by atoms with Gasteiger partial charge in [-0.3, -0.25) is 0 Å². The van der Waals surface area contributed by atoms with Crippen LogP contribution in [0.4, 0.5) is 23.7 Å². The first-order valence-corrected chi connectivity index (χ1v) is 4.47. The van der Waals surface area contributed by atoms with Crippen molar-refractivity contribution in [1.82, 2.24) is 4.90 Å².